The molecule has 0 aliphatic carbocycles. The van der Waals surface area contributed by atoms with E-state index in [1.54, 1.807) is 7.11 Å². The molecule has 0 bridgehead atoms. The number of halogens is 1. The van der Waals surface area contributed by atoms with Crippen LogP contribution in [0.1, 0.15) is 11.1 Å². The van der Waals surface area contributed by atoms with Crippen molar-refractivity contribution in [1.29, 1.82) is 0 Å². The molecular weight excluding hydrogens is 350 g/mol. The highest BCUT2D eigenvalue weighted by molar-refractivity contribution is 6.30. The van der Waals surface area contributed by atoms with Crippen LogP contribution in [0.4, 0.5) is 10.5 Å². The summed E-state index contributed by atoms with van der Waals surface area (Å²) < 4.78 is 5.14. The van der Waals surface area contributed by atoms with Crippen molar-refractivity contribution in [3.05, 3.63) is 58.6 Å². The first-order valence-corrected chi connectivity index (χ1v) is 9.11. The van der Waals surface area contributed by atoms with Gasteiger partial charge >= 0.3 is 6.03 Å². The van der Waals surface area contributed by atoms with E-state index in [0.717, 1.165) is 35.0 Å². The van der Waals surface area contributed by atoms with E-state index in [1.807, 2.05) is 41.3 Å². The van der Waals surface area contributed by atoms with Gasteiger partial charge in [0.25, 0.3) is 0 Å². The van der Waals surface area contributed by atoms with E-state index in [4.69, 9.17) is 16.3 Å². The summed E-state index contributed by atoms with van der Waals surface area (Å²) in [5, 5.41) is 3.74. The average molecular weight is 374 g/mol. The Hall–Kier alpha value is -2.40. The Morgan fingerprint density at radius 2 is 1.81 bits per heavy atom. The monoisotopic (exact) mass is 373 g/mol. The zero-order valence-electron chi connectivity index (χ0n) is 15.2. The van der Waals surface area contributed by atoms with Gasteiger partial charge in [0, 0.05) is 43.4 Å². The molecule has 1 heterocycles. The number of nitrogens with zero attached hydrogens (tertiary/aromatic N) is 2. The van der Waals surface area contributed by atoms with Crippen molar-refractivity contribution < 1.29 is 9.53 Å². The molecular formula is C20H24ClN3O2. The third-order valence-electron chi connectivity index (χ3n) is 4.67. The van der Waals surface area contributed by atoms with E-state index in [1.165, 1.54) is 5.69 Å². The van der Waals surface area contributed by atoms with Crippen LogP contribution >= 0.6 is 11.6 Å². The van der Waals surface area contributed by atoms with Crippen LogP contribution in [-0.4, -0.2) is 44.2 Å². The molecule has 6 heteroatoms. The molecule has 2 amide bonds. The molecule has 0 saturated carbocycles. The van der Waals surface area contributed by atoms with E-state index < -0.39 is 0 Å². The fraction of sp³-hybridized carbons (Fsp3) is 0.350. The molecule has 0 spiro atoms. The molecule has 0 aromatic heterocycles. The molecule has 2 aromatic rings. The van der Waals surface area contributed by atoms with Gasteiger partial charge in [0.2, 0.25) is 0 Å². The van der Waals surface area contributed by atoms with Crippen LogP contribution in [-0.2, 0) is 6.54 Å². The summed E-state index contributed by atoms with van der Waals surface area (Å²) in [5.74, 6) is 0.814. The fourth-order valence-electron chi connectivity index (χ4n) is 3.16. The molecule has 1 N–H and O–H groups in total. The molecule has 0 unspecified atom stereocenters. The predicted molar refractivity (Wildman–Crippen MR) is 105 cm³/mol. The number of aryl methyl sites for hydroxylation is 1. The van der Waals surface area contributed by atoms with Crippen molar-refractivity contribution in [2.75, 3.05) is 38.2 Å². The number of nitrogens with one attached hydrogen (secondary N) is 1. The molecule has 5 nitrogen and oxygen atoms in total. The lowest BCUT2D eigenvalue weighted by Gasteiger charge is -2.36. The van der Waals surface area contributed by atoms with Crippen LogP contribution in [0.5, 0.6) is 5.75 Å². The van der Waals surface area contributed by atoms with Gasteiger partial charge in [-0.05, 0) is 48.4 Å². The number of amides is 2. The first-order chi connectivity index (χ1) is 12.6. The van der Waals surface area contributed by atoms with Gasteiger partial charge in [-0.25, -0.2) is 4.79 Å². The van der Waals surface area contributed by atoms with Crippen LogP contribution in [0.15, 0.2) is 42.5 Å². The van der Waals surface area contributed by atoms with E-state index in [2.05, 4.69) is 23.2 Å². The number of ether oxygens (including phenoxy) is 1. The normalized spacial score (nSPS) is 14.3. The van der Waals surface area contributed by atoms with Crippen molar-refractivity contribution in [3.63, 3.8) is 0 Å². The maximum absolute atomic E-state index is 12.4. The summed E-state index contributed by atoms with van der Waals surface area (Å²) in [6.07, 6.45) is 0. The van der Waals surface area contributed by atoms with Crippen LogP contribution in [0.25, 0.3) is 0 Å². The van der Waals surface area contributed by atoms with Crippen LogP contribution in [0.2, 0.25) is 5.02 Å². The highest BCUT2D eigenvalue weighted by Gasteiger charge is 2.21. The lowest BCUT2D eigenvalue weighted by Crippen LogP contribution is -2.51. The quantitative estimate of drug-likeness (QED) is 0.889. The van der Waals surface area contributed by atoms with Gasteiger partial charge in [0.15, 0.2) is 0 Å². The van der Waals surface area contributed by atoms with Crippen LogP contribution < -0.4 is 15.0 Å². The van der Waals surface area contributed by atoms with Crippen molar-refractivity contribution >= 4 is 23.3 Å². The second-order valence-corrected chi connectivity index (χ2v) is 6.85. The minimum Gasteiger partial charge on any atom is -0.497 e. The number of methoxy groups -OCH3 is 1. The van der Waals surface area contributed by atoms with Crippen LogP contribution in [0, 0.1) is 6.92 Å². The van der Waals surface area contributed by atoms with E-state index >= 15 is 0 Å². The Kier molecular flexibility index (Phi) is 5.89. The van der Waals surface area contributed by atoms with Crippen LogP contribution in [0.3, 0.4) is 0 Å². The lowest BCUT2D eigenvalue weighted by atomic mass is 10.1. The lowest BCUT2D eigenvalue weighted by molar-refractivity contribution is 0.194. The first-order valence-electron chi connectivity index (χ1n) is 8.73. The van der Waals surface area contributed by atoms with Gasteiger partial charge < -0.3 is 19.9 Å². The third kappa shape index (κ3) is 4.41. The van der Waals surface area contributed by atoms with E-state index in [0.29, 0.717) is 19.6 Å². The number of rotatable bonds is 4. The van der Waals surface area contributed by atoms with Gasteiger partial charge in [-0.3, -0.25) is 0 Å². The first kappa shape index (κ1) is 18.4. The zero-order chi connectivity index (χ0) is 18.5. The number of carbonyl (C=O) groups is 1. The molecule has 3 rings (SSSR count). The molecule has 138 valence electrons. The number of urea groups is 1. The molecule has 1 aliphatic heterocycles. The van der Waals surface area contributed by atoms with Gasteiger partial charge in [-0.1, -0.05) is 23.7 Å². The Morgan fingerprint density at radius 1 is 1.12 bits per heavy atom. The molecule has 26 heavy (non-hydrogen) atoms. The molecule has 1 saturated heterocycles. The second kappa shape index (κ2) is 8.32. The molecule has 0 radical (unpaired) electrons. The van der Waals surface area contributed by atoms with Crippen molar-refractivity contribution in [2.24, 2.45) is 0 Å². The minimum atomic E-state index is -0.0201. The second-order valence-electron chi connectivity index (χ2n) is 6.41. The van der Waals surface area contributed by atoms with Crippen molar-refractivity contribution in [2.45, 2.75) is 13.5 Å². The number of piperazine rings is 1. The highest BCUT2D eigenvalue weighted by atomic mass is 35.5. The summed E-state index contributed by atoms with van der Waals surface area (Å²) in [7, 11) is 1.64. The largest absolute Gasteiger partial charge is 0.497 e. The van der Waals surface area contributed by atoms with Crippen molar-refractivity contribution in [1.82, 2.24) is 10.2 Å². The highest BCUT2D eigenvalue weighted by Crippen LogP contribution is 2.24. The summed E-state index contributed by atoms with van der Waals surface area (Å²) in [5.41, 5.74) is 3.40. The third-order valence-corrected chi connectivity index (χ3v) is 4.90. The smallest absolute Gasteiger partial charge is 0.317 e. The summed E-state index contributed by atoms with van der Waals surface area (Å²) in [6, 6.07) is 13.6. The number of anilines is 1. The minimum absolute atomic E-state index is 0.0201. The van der Waals surface area contributed by atoms with Gasteiger partial charge in [0.1, 0.15) is 5.75 Å². The Bertz CT molecular complexity index is 756. The number of hydrogen-bond donors (Lipinski definition) is 1. The predicted octanol–water partition coefficient (Wildman–Crippen LogP) is 3.69. The molecule has 0 atom stereocenters. The van der Waals surface area contributed by atoms with E-state index in [9.17, 15) is 4.79 Å². The van der Waals surface area contributed by atoms with Crippen molar-refractivity contribution in [3.8, 4) is 5.75 Å². The Balaban J connectivity index is 1.50. The number of hydrogen-bond acceptors (Lipinski definition) is 3. The molecule has 1 aliphatic rings. The summed E-state index contributed by atoms with van der Waals surface area (Å²) >= 11 is 6.04. The Labute approximate surface area is 159 Å². The summed E-state index contributed by atoms with van der Waals surface area (Å²) in [6.45, 7) is 5.62. The summed E-state index contributed by atoms with van der Waals surface area (Å²) in [4.78, 5) is 16.6. The standard InChI is InChI=1S/C20H24ClN3O2/c1-15-13-17(21)5-8-19(15)23-9-11-24(12-10-23)20(25)22-14-16-3-6-18(26-2)7-4-16/h3-8,13H,9-12,14H2,1-2H3,(H,22,25). The maximum atomic E-state index is 12.4. The zero-order valence-corrected chi connectivity index (χ0v) is 15.9. The fourth-order valence-corrected chi connectivity index (χ4v) is 3.38. The van der Waals surface area contributed by atoms with Gasteiger partial charge in [0.05, 0.1) is 7.11 Å². The number of benzene rings is 2. The van der Waals surface area contributed by atoms with Gasteiger partial charge in [-0.15, -0.1) is 0 Å². The molecule has 1 fully saturated rings. The maximum Gasteiger partial charge on any atom is 0.317 e. The SMILES string of the molecule is COc1ccc(CNC(=O)N2CCN(c3ccc(Cl)cc3C)CC2)cc1. The molecule has 2 aromatic carbocycles. The Morgan fingerprint density at radius 3 is 2.42 bits per heavy atom. The average Bonchev–Trinajstić information content (AvgIpc) is 2.67. The van der Waals surface area contributed by atoms with E-state index in [-0.39, 0.29) is 6.03 Å². The number of carbonyl (C=O) groups excluding carboxylic acids is 1. The van der Waals surface area contributed by atoms with Gasteiger partial charge in [-0.2, -0.15) is 0 Å². The topological polar surface area (TPSA) is 44.8 Å².